The van der Waals surface area contributed by atoms with Crippen molar-refractivity contribution in [3.8, 4) is 0 Å². The zero-order valence-corrected chi connectivity index (χ0v) is 20.0. The minimum Gasteiger partial charge on any atom is -0.340 e. The van der Waals surface area contributed by atoms with E-state index in [1.165, 1.54) is 22.3 Å². The maximum absolute atomic E-state index is 12.9. The third kappa shape index (κ3) is 5.88. The summed E-state index contributed by atoms with van der Waals surface area (Å²) in [5, 5.41) is 6.97. The molecule has 0 radical (unpaired) electrons. The molecule has 6 nitrogen and oxygen atoms in total. The maximum atomic E-state index is 12.9. The van der Waals surface area contributed by atoms with Gasteiger partial charge in [-0.2, -0.15) is 11.8 Å². The van der Waals surface area contributed by atoms with Crippen molar-refractivity contribution in [2.75, 3.05) is 30.4 Å². The van der Waals surface area contributed by atoms with Crippen LogP contribution in [0.3, 0.4) is 0 Å². The van der Waals surface area contributed by atoms with Crippen molar-refractivity contribution < 1.29 is 9.59 Å². The fourth-order valence-corrected chi connectivity index (χ4v) is 5.20. The van der Waals surface area contributed by atoms with Crippen LogP contribution >= 0.6 is 46.3 Å². The number of thiazole rings is 1. The second kappa shape index (κ2) is 10.8. The lowest BCUT2D eigenvalue weighted by Gasteiger charge is -2.23. The van der Waals surface area contributed by atoms with E-state index in [-0.39, 0.29) is 16.5 Å². The van der Waals surface area contributed by atoms with Crippen LogP contribution < -0.4 is 10.6 Å². The van der Waals surface area contributed by atoms with Crippen LogP contribution in [0.2, 0.25) is 10.0 Å². The quantitative estimate of drug-likeness (QED) is 0.580. The number of nitrogens with zero attached hydrogens (tertiary/aromatic N) is 2. The van der Waals surface area contributed by atoms with E-state index in [0.717, 1.165) is 37.5 Å². The summed E-state index contributed by atoms with van der Waals surface area (Å²) in [6, 6.07) is 3.97. The number of hydrogen-bond donors (Lipinski definition) is 2. The average Bonchev–Trinajstić information content (AvgIpc) is 3.11. The van der Waals surface area contributed by atoms with Crippen molar-refractivity contribution in [2.24, 2.45) is 0 Å². The zero-order valence-electron chi connectivity index (χ0n) is 16.8. The normalized spacial score (nSPS) is 14.8. The molecule has 0 bridgehead atoms. The van der Waals surface area contributed by atoms with E-state index in [2.05, 4.69) is 27.4 Å². The Kier molecular flexibility index (Phi) is 8.42. The molecule has 1 aromatic carbocycles. The molecule has 1 unspecified atom stereocenters. The topological polar surface area (TPSA) is 74.3 Å². The number of nitrogens with one attached hydrogen (secondary N) is 2. The Balaban J connectivity index is 1.69. The Bertz CT molecular complexity index is 922. The van der Waals surface area contributed by atoms with E-state index in [1.807, 2.05) is 6.26 Å². The van der Waals surface area contributed by atoms with Gasteiger partial charge in [-0.15, -0.1) is 11.3 Å². The minimum atomic E-state index is -0.690. The van der Waals surface area contributed by atoms with Gasteiger partial charge in [0.15, 0.2) is 5.13 Å². The molecule has 2 heterocycles. The number of anilines is 1. The van der Waals surface area contributed by atoms with Crippen LogP contribution in [0.4, 0.5) is 5.13 Å². The minimum absolute atomic E-state index is 0.247. The van der Waals surface area contributed by atoms with Gasteiger partial charge in [0.05, 0.1) is 16.3 Å². The molecule has 0 saturated carbocycles. The fourth-order valence-electron chi connectivity index (χ4n) is 3.18. The summed E-state index contributed by atoms with van der Waals surface area (Å²) in [6.07, 6.45) is 3.34. The summed E-state index contributed by atoms with van der Waals surface area (Å²) in [7, 11) is 0. The molecule has 1 aliphatic heterocycles. The van der Waals surface area contributed by atoms with Crippen molar-refractivity contribution in [1.29, 1.82) is 0 Å². The summed E-state index contributed by atoms with van der Waals surface area (Å²) >= 11 is 15.2. The number of aromatic nitrogens is 1. The van der Waals surface area contributed by atoms with Gasteiger partial charge in [0.1, 0.15) is 6.04 Å². The lowest BCUT2D eigenvalue weighted by molar-refractivity contribution is -0.118. The van der Waals surface area contributed by atoms with E-state index >= 15 is 0 Å². The second-order valence-corrected chi connectivity index (χ2v) is 9.84. The van der Waals surface area contributed by atoms with Crippen LogP contribution in [0.15, 0.2) is 18.2 Å². The number of fused-ring (bicyclic) bond motifs is 1. The van der Waals surface area contributed by atoms with Crippen LogP contribution in [0, 0.1) is 0 Å². The number of halogens is 2. The summed E-state index contributed by atoms with van der Waals surface area (Å²) in [6.45, 7) is 4.98. The van der Waals surface area contributed by atoms with Gasteiger partial charge in [0.2, 0.25) is 5.91 Å². The predicted molar refractivity (Wildman–Crippen MR) is 126 cm³/mol. The van der Waals surface area contributed by atoms with Gasteiger partial charge < -0.3 is 10.6 Å². The van der Waals surface area contributed by atoms with Crippen LogP contribution in [-0.2, 0) is 17.8 Å². The molecule has 1 atom stereocenters. The van der Waals surface area contributed by atoms with Crippen LogP contribution in [0.1, 0.15) is 34.3 Å². The summed E-state index contributed by atoms with van der Waals surface area (Å²) in [5.41, 5.74) is 1.34. The summed E-state index contributed by atoms with van der Waals surface area (Å²) in [5.74, 6) is 0.0443. The van der Waals surface area contributed by atoms with Gasteiger partial charge in [0.25, 0.3) is 5.91 Å². The monoisotopic (exact) mass is 486 g/mol. The second-order valence-electron chi connectivity index (χ2n) is 6.93. The highest BCUT2D eigenvalue weighted by atomic mass is 35.5. The predicted octanol–water partition coefficient (Wildman–Crippen LogP) is 4.32. The molecule has 0 fully saturated rings. The number of benzene rings is 1. The van der Waals surface area contributed by atoms with Crippen molar-refractivity contribution in [2.45, 2.75) is 32.4 Å². The molecule has 1 aromatic heterocycles. The zero-order chi connectivity index (χ0) is 21.7. The maximum Gasteiger partial charge on any atom is 0.253 e. The van der Waals surface area contributed by atoms with E-state index in [4.69, 9.17) is 23.2 Å². The van der Waals surface area contributed by atoms with E-state index in [1.54, 1.807) is 23.9 Å². The van der Waals surface area contributed by atoms with Crippen molar-refractivity contribution in [3.63, 3.8) is 0 Å². The molecule has 2 aromatic rings. The molecule has 0 saturated heterocycles. The Labute approximate surface area is 194 Å². The van der Waals surface area contributed by atoms with E-state index < -0.39 is 11.9 Å². The molecule has 30 heavy (non-hydrogen) atoms. The van der Waals surface area contributed by atoms with Crippen LogP contribution in [0.25, 0.3) is 0 Å². The first-order valence-corrected chi connectivity index (χ1v) is 12.6. The van der Waals surface area contributed by atoms with E-state index in [0.29, 0.717) is 16.6 Å². The molecular weight excluding hydrogens is 463 g/mol. The standard InChI is InChI=1S/C20H24Cl2N4O2S2/c1-3-26-8-6-15-17(11-26)30-20(24-15)25-19(28)16(7-9-29-2)23-18(27)13-5-4-12(21)10-14(13)22/h4-5,10,16H,3,6-9,11H2,1-2H3,(H,23,27)(H,24,25,28). The highest BCUT2D eigenvalue weighted by molar-refractivity contribution is 7.98. The number of rotatable bonds is 8. The first-order valence-electron chi connectivity index (χ1n) is 9.68. The average molecular weight is 487 g/mol. The van der Waals surface area contributed by atoms with Gasteiger partial charge >= 0.3 is 0 Å². The van der Waals surface area contributed by atoms with Gasteiger partial charge in [-0.3, -0.25) is 14.5 Å². The first-order chi connectivity index (χ1) is 14.4. The smallest absolute Gasteiger partial charge is 0.253 e. The number of amides is 2. The van der Waals surface area contributed by atoms with Crippen molar-refractivity contribution in [1.82, 2.24) is 15.2 Å². The van der Waals surface area contributed by atoms with E-state index in [9.17, 15) is 9.59 Å². The van der Waals surface area contributed by atoms with Crippen molar-refractivity contribution in [3.05, 3.63) is 44.4 Å². The molecule has 162 valence electrons. The summed E-state index contributed by atoms with van der Waals surface area (Å²) in [4.78, 5) is 33.7. The number of carbonyl (C=O) groups is 2. The van der Waals surface area contributed by atoms with Crippen LogP contribution in [0.5, 0.6) is 0 Å². The third-order valence-electron chi connectivity index (χ3n) is 4.90. The van der Waals surface area contributed by atoms with Gasteiger partial charge in [-0.25, -0.2) is 4.98 Å². The largest absolute Gasteiger partial charge is 0.340 e. The molecule has 2 amide bonds. The first kappa shape index (κ1) is 23.3. The van der Waals surface area contributed by atoms with Gasteiger partial charge in [-0.1, -0.05) is 30.1 Å². The highest BCUT2D eigenvalue weighted by Gasteiger charge is 2.25. The molecule has 0 spiro atoms. The lowest BCUT2D eigenvalue weighted by Crippen LogP contribution is -2.44. The molecule has 1 aliphatic rings. The van der Waals surface area contributed by atoms with Gasteiger partial charge in [-0.05, 0) is 43.2 Å². The molecule has 0 aliphatic carbocycles. The van der Waals surface area contributed by atoms with Crippen LogP contribution in [-0.4, -0.2) is 52.8 Å². The number of hydrogen-bond acceptors (Lipinski definition) is 6. The highest BCUT2D eigenvalue weighted by Crippen LogP contribution is 2.28. The third-order valence-corrected chi connectivity index (χ3v) is 7.09. The molecule has 10 heteroatoms. The molecule has 3 rings (SSSR count). The Morgan fingerprint density at radius 2 is 2.17 bits per heavy atom. The summed E-state index contributed by atoms with van der Waals surface area (Å²) < 4.78 is 0. The number of carbonyl (C=O) groups excluding carboxylic acids is 2. The Hall–Kier alpha value is -1.32. The fraction of sp³-hybridized carbons (Fsp3) is 0.450. The number of likely N-dealkylation sites (N-methyl/N-ethyl adjacent to an activating group) is 1. The molecular formula is C20H24Cl2N4O2S2. The Morgan fingerprint density at radius 1 is 1.37 bits per heavy atom. The molecule has 2 N–H and O–H groups in total. The number of thioether (sulfide) groups is 1. The van der Waals surface area contributed by atoms with Crippen molar-refractivity contribution >= 4 is 63.2 Å². The SMILES string of the molecule is CCN1CCc2nc(NC(=O)C(CCSC)NC(=O)c3ccc(Cl)cc3Cl)sc2C1. The van der Waals surface area contributed by atoms with Gasteiger partial charge in [0, 0.05) is 29.4 Å². The lowest BCUT2D eigenvalue weighted by atomic mass is 10.1. The Morgan fingerprint density at radius 3 is 2.87 bits per heavy atom.